The van der Waals surface area contributed by atoms with Gasteiger partial charge in [-0.15, -0.1) is 0 Å². The quantitative estimate of drug-likeness (QED) is 0.779. The average molecular weight is 322 g/mol. The SMILES string of the molecule is COc1cc2c(cc1OC)-c1c(C)c(-c3ccc[nH]3)c(C)n1CC2. The van der Waals surface area contributed by atoms with Gasteiger partial charge >= 0.3 is 0 Å². The van der Waals surface area contributed by atoms with Gasteiger partial charge in [-0.3, -0.25) is 0 Å². The lowest BCUT2D eigenvalue weighted by molar-refractivity contribution is 0.354. The molecule has 0 aliphatic carbocycles. The van der Waals surface area contributed by atoms with Gasteiger partial charge in [0.15, 0.2) is 11.5 Å². The second-order valence-corrected chi connectivity index (χ2v) is 6.28. The number of nitrogens with one attached hydrogen (secondary N) is 1. The molecule has 0 amide bonds. The number of fused-ring (bicyclic) bond motifs is 3. The van der Waals surface area contributed by atoms with E-state index in [1.807, 2.05) is 12.3 Å². The maximum Gasteiger partial charge on any atom is 0.161 e. The maximum atomic E-state index is 5.53. The molecule has 4 rings (SSSR count). The second-order valence-electron chi connectivity index (χ2n) is 6.28. The highest BCUT2D eigenvalue weighted by molar-refractivity contribution is 5.82. The van der Waals surface area contributed by atoms with Crippen LogP contribution >= 0.6 is 0 Å². The van der Waals surface area contributed by atoms with Crippen molar-refractivity contribution in [1.82, 2.24) is 9.55 Å². The molecule has 0 saturated carbocycles. The number of hydrogen-bond acceptors (Lipinski definition) is 2. The molecule has 1 aliphatic rings. The Morgan fingerprint density at radius 1 is 1.08 bits per heavy atom. The van der Waals surface area contributed by atoms with Crippen LogP contribution in [0.2, 0.25) is 0 Å². The van der Waals surface area contributed by atoms with Gasteiger partial charge in [0.25, 0.3) is 0 Å². The first kappa shape index (κ1) is 14.9. The van der Waals surface area contributed by atoms with Crippen molar-refractivity contribution in [1.29, 1.82) is 0 Å². The first-order valence-corrected chi connectivity index (χ1v) is 8.24. The smallest absolute Gasteiger partial charge is 0.161 e. The van der Waals surface area contributed by atoms with Gasteiger partial charge in [-0.1, -0.05) is 0 Å². The molecule has 0 atom stereocenters. The summed E-state index contributed by atoms with van der Waals surface area (Å²) in [5, 5.41) is 0. The van der Waals surface area contributed by atoms with Gasteiger partial charge in [0.1, 0.15) is 0 Å². The van der Waals surface area contributed by atoms with Crippen molar-refractivity contribution in [3.05, 3.63) is 47.3 Å². The van der Waals surface area contributed by atoms with E-state index in [2.05, 4.69) is 41.6 Å². The summed E-state index contributed by atoms with van der Waals surface area (Å²) < 4.78 is 13.4. The largest absolute Gasteiger partial charge is 0.493 e. The lowest BCUT2D eigenvalue weighted by Gasteiger charge is -2.23. The molecule has 0 saturated heterocycles. The number of ether oxygens (including phenoxy) is 2. The van der Waals surface area contributed by atoms with Crippen LogP contribution in [0.3, 0.4) is 0 Å². The van der Waals surface area contributed by atoms with E-state index in [1.165, 1.54) is 39.3 Å². The molecule has 1 aromatic carbocycles. The number of H-pyrrole nitrogens is 1. The monoisotopic (exact) mass is 322 g/mol. The Bertz CT molecular complexity index is 905. The van der Waals surface area contributed by atoms with Crippen LogP contribution < -0.4 is 9.47 Å². The molecule has 0 bridgehead atoms. The first-order valence-electron chi connectivity index (χ1n) is 8.24. The Kier molecular flexibility index (Phi) is 3.41. The van der Waals surface area contributed by atoms with Gasteiger partial charge in [-0.25, -0.2) is 0 Å². The molecule has 1 N–H and O–H groups in total. The number of benzene rings is 1. The summed E-state index contributed by atoms with van der Waals surface area (Å²) in [5.74, 6) is 1.58. The Hall–Kier alpha value is -2.62. The fourth-order valence-corrected chi connectivity index (χ4v) is 3.99. The number of hydrogen-bond donors (Lipinski definition) is 1. The van der Waals surface area contributed by atoms with Crippen molar-refractivity contribution in [2.45, 2.75) is 26.8 Å². The van der Waals surface area contributed by atoms with E-state index in [4.69, 9.17) is 9.47 Å². The van der Waals surface area contributed by atoms with Crippen molar-refractivity contribution in [2.24, 2.45) is 0 Å². The van der Waals surface area contributed by atoms with E-state index in [-0.39, 0.29) is 0 Å². The lowest BCUT2D eigenvalue weighted by atomic mass is 9.95. The predicted octanol–water partition coefficient (Wildman–Crippen LogP) is 4.34. The van der Waals surface area contributed by atoms with E-state index in [1.54, 1.807) is 14.2 Å². The number of methoxy groups -OCH3 is 2. The summed E-state index contributed by atoms with van der Waals surface area (Å²) in [6.45, 7) is 5.41. The lowest BCUT2D eigenvalue weighted by Crippen LogP contribution is -2.12. The van der Waals surface area contributed by atoms with Crippen molar-refractivity contribution < 1.29 is 9.47 Å². The highest BCUT2D eigenvalue weighted by atomic mass is 16.5. The third kappa shape index (κ3) is 1.99. The molecule has 1 aliphatic heterocycles. The third-order valence-electron chi connectivity index (χ3n) is 5.10. The Labute approximate surface area is 142 Å². The predicted molar refractivity (Wildman–Crippen MR) is 95.9 cm³/mol. The summed E-state index contributed by atoms with van der Waals surface area (Å²) in [7, 11) is 3.38. The molecule has 0 radical (unpaired) electrons. The van der Waals surface area contributed by atoms with E-state index < -0.39 is 0 Å². The van der Waals surface area contributed by atoms with Crippen LogP contribution in [0.1, 0.15) is 16.8 Å². The van der Waals surface area contributed by atoms with Crippen LogP contribution in [0, 0.1) is 13.8 Å². The molecule has 0 unspecified atom stereocenters. The van der Waals surface area contributed by atoms with Gasteiger partial charge in [0.2, 0.25) is 0 Å². The molecule has 3 aromatic rings. The Morgan fingerprint density at radius 3 is 2.50 bits per heavy atom. The molecule has 0 spiro atoms. The van der Waals surface area contributed by atoms with E-state index in [9.17, 15) is 0 Å². The number of aryl methyl sites for hydroxylation is 1. The van der Waals surface area contributed by atoms with Crippen LogP contribution in [0.5, 0.6) is 11.5 Å². The van der Waals surface area contributed by atoms with Gasteiger partial charge in [-0.2, -0.15) is 0 Å². The number of aromatic nitrogens is 2. The van der Waals surface area contributed by atoms with Crippen LogP contribution in [0.25, 0.3) is 22.5 Å². The molecule has 24 heavy (non-hydrogen) atoms. The van der Waals surface area contributed by atoms with Gasteiger partial charge < -0.3 is 19.0 Å². The first-order chi connectivity index (χ1) is 11.7. The van der Waals surface area contributed by atoms with Crippen LogP contribution in [-0.4, -0.2) is 23.8 Å². The molecule has 0 fully saturated rings. The minimum absolute atomic E-state index is 0.782. The van der Waals surface area contributed by atoms with Crippen molar-refractivity contribution in [3.63, 3.8) is 0 Å². The molecule has 2 aromatic heterocycles. The number of nitrogens with zero attached hydrogens (tertiary/aromatic N) is 1. The van der Waals surface area contributed by atoms with Crippen molar-refractivity contribution in [2.75, 3.05) is 14.2 Å². The highest BCUT2D eigenvalue weighted by Crippen LogP contribution is 2.44. The van der Waals surface area contributed by atoms with Crippen molar-refractivity contribution in [3.8, 4) is 34.0 Å². The molecule has 3 heterocycles. The normalized spacial score (nSPS) is 12.7. The third-order valence-corrected chi connectivity index (χ3v) is 5.10. The van der Waals surface area contributed by atoms with Gasteiger partial charge in [0, 0.05) is 35.3 Å². The molecule has 4 nitrogen and oxygen atoms in total. The van der Waals surface area contributed by atoms with E-state index >= 15 is 0 Å². The summed E-state index contributed by atoms with van der Waals surface area (Å²) in [5.41, 5.74) is 8.95. The van der Waals surface area contributed by atoms with Crippen LogP contribution in [0.15, 0.2) is 30.5 Å². The fraction of sp³-hybridized carbons (Fsp3) is 0.300. The van der Waals surface area contributed by atoms with Crippen LogP contribution in [0.4, 0.5) is 0 Å². The topological polar surface area (TPSA) is 39.2 Å². The molecular weight excluding hydrogens is 300 g/mol. The highest BCUT2D eigenvalue weighted by Gasteiger charge is 2.26. The Balaban J connectivity index is 1.98. The van der Waals surface area contributed by atoms with E-state index in [0.29, 0.717) is 0 Å². The standard InChI is InChI=1S/C20H22N2O2/c1-12-19(16-6-5-8-21-16)13(2)22-9-7-14-10-17(23-3)18(24-4)11-15(14)20(12)22/h5-6,8,10-11,21H,7,9H2,1-4H3. The minimum atomic E-state index is 0.782. The van der Waals surface area contributed by atoms with Gasteiger partial charge in [0.05, 0.1) is 19.9 Å². The van der Waals surface area contributed by atoms with Crippen LogP contribution in [-0.2, 0) is 13.0 Å². The fourth-order valence-electron chi connectivity index (χ4n) is 3.99. The Morgan fingerprint density at radius 2 is 1.83 bits per heavy atom. The summed E-state index contributed by atoms with van der Waals surface area (Å²) in [4.78, 5) is 3.35. The zero-order valence-electron chi connectivity index (χ0n) is 14.6. The summed E-state index contributed by atoms with van der Waals surface area (Å²) >= 11 is 0. The number of aromatic amines is 1. The summed E-state index contributed by atoms with van der Waals surface area (Å²) in [6, 6.07) is 8.42. The zero-order valence-corrected chi connectivity index (χ0v) is 14.6. The minimum Gasteiger partial charge on any atom is -0.493 e. The summed E-state index contributed by atoms with van der Waals surface area (Å²) in [6.07, 6.45) is 2.98. The zero-order chi connectivity index (χ0) is 16.8. The second kappa shape index (κ2) is 5.48. The van der Waals surface area contributed by atoms with E-state index in [0.717, 1.165) is 24.5 Å². The maximum absolute atomic E-state index is 5.53. The van der Waals surface area contributed by atoms with Gasteiger partial charge in [-0.05, 0) is 55.7 Å². The molecule has 4 heteroatoms. The average Bonchev–Trinajstić information content (AvgIpc) is 3.20. The molecular formula is C20H22N2O2. The molecule has 124 valence electrons. The van der Waals surface area contributed by atoms with Crippen molar-refractivity contribution >= 4 is 0 Å². The number of rotatable bonds is 3.